The fourth-order valence-electron chi connectivity index (χ4n) is 7.12. The third-order valence-corrected chi connectivity index (χ3v) is 9.50. The van der Waals surface area contributed by atoms with Gasteiger partial charge < -0.3 is 0 Å². The fraction of sp³-hybridized carbons (Fsp3) is 0.400. The van der Waals surface area contributed by atoms with Gasteiger partial charge in [0.05, 0.1) is 0 Å². The highest BCUT2D eigenvalue weighted by molar-refractivity contribution is 5.68. The lowest BCUT2D eigenvalue weighted by Crippen LogP contribution is -2.12. The maximum atomic E-state index is 2.48. The van der Waals surface area contributed by atoms with Crippen molar-refractivity contribution in [2.75, 3.05) is 0 Å². The molecule has 2 atom stereocenters. The second-order valence-corrected chi connectivity index (χ2v) is 12.7. The van der Waals surface area contributed by atoms with Crippen LogP contribution in [0.25, 0.3) is 11.1 Å². The summed E-state index contributed by atoms with van der Waals surface area (Å²) in [5.41, 5.74) is 14.4. The molecule has 0 bridgehead atoms. The van der Waals surface area contributed by atoms with E-state index in [2.05, 4.69) is 120 Å². The van der Waals surface area contributed by atoms with Crippen molar-refractivity contribution < 1.29 is 0 Å². The summed E-state index contributed by atoms with van der Waals surface area (Å²) in [6, 6.07) is 32.4. The highest BCUT2D eigenvalue weighted by Gasteiger charge is 2.25. The molecule has 208 valence electrons. The van der Waals surface area contributed by atoms with Crippen molar-refractivity contribution in [3.05, 3.63) is 129 Å². The molecule has 2 unspecified atom stereocenters. The third kappa shape index (κ3) is 6.77. The van der Waals surface area contributed by atoms with Crippen LogP contribution in [0.4, 0.5) is 0 Å². The van der Waals surface area contributed by atoms with Crippen molar-refractivity contribution in [1.29, 1.82) is 0 Å². The zero-order valence-electron chi connectivity index (χ0n) is 25.5. The van der Waals surface area contributed by atoms with Crippen LogP contribution in [0, 0.1) is 25.7 Å². The Bertz CT molecular complexity index is 1420. The Balaban J connectivity index is 1.29. The Morgan fingerprint density at radius 2 is 1.50 bits per heavy atom. The minimum absolute atomic E-state index is 0.619. The predicted octanol–water partition coefficient (Wildman–Crippen LogP) is 10.8. The molecule has 0 aliphatic heterocycles. The second-order valence-electron chi connectivity index (χ2n) is 12.7. The Hall–Kier alpha value is -3.12. The summed E-state index contributed by atoms with van der Waals surface area (Å²) < 4.78 is 0. The zero-order valence-corrected chi connectivity index (χ0v) is 25.5. The summed E-state index contributed by atoms with van der Waals surface area (Å²) in [6.45, 7) is 11.7. The van der Waals surface area contributed by atoms with Crippen LogP contribution in [0.15, 0.2) is 84.9 Å². The average molecular weight is 529 g/mol. The monoisotopic (exact) mass is 528 g/mol. The molecule has 0 heterocycles. The van der Waals surface area contributed by atoms with E-state index in [1.165, 1.54) is 76.6 Å². The predicted molar refractivity (Wildman–Crippen MR) is 173 cm³/mol. The highest BCUT2D eigenvalue weighted by Crippen LogP contribution is 2.39. The SMILES string of the molecule is CCc1cccc(-c2ccccc2Cc2ccc(CC(C)Cc3cc(C)ccc3C(C)C3CCCC3)cc2C)c1. The molecule has 5 rings (SSSR count). The summed E-state index contributed by atoms with van der Waals surface area (Å²) in [5.74, 6) is 2.17. The van der Waals surface area contributed by atoms with Gasteiger partial charge in [-0.05, 0) is 120 Å². The molecule has 0 heteroatoms. The Morgan fingerprint density at radius 3 is 2.27 bits per heavy atom. The van der Waals surface area contributed by atoms with Gasteiger partial charge in [0.25, 0.3) is 0 Å². The van der Waals surface area contributed by atoms with Gasteiger partial charge in [0.15, 0.2) is 0 Å². The molecular formula is C40H48. The molecule has 1 fully saturated rings. The lowest BCUT2D eigenvalue weighted by molar-refractivity contribution is 0.455. The summed E-state index contributed by atoms with van der Waals surface area (Å²) in [4.78, 5) is 0. The highest BCUT2D eigenvalue weighted by atomic mass is 14.3. The van der Waals surface area contributed by atoms with Gasteiger partial charge in [0, 0.05) is 0 Å². The van der Waals surface area contributed by atoms with Gasteiger partial charge in [-0.25, -0.2) is 0 Å². The molecule has 1 aliphatic rings. The first-order chi connectivity index (χ1) is 19.4. The molecule has 40 heavy (non-hydrogen) atoms. The minimum Gasteiger partial charge on any atom is -0.0619 e. The summed E-state index contributed by atoms with van der Waals surface area (Å²) in [5, 5.41) is 0. The largest absolute Gasteiger partial charge is 0.0619 e. The normalized spacial score (nSPS) is 15.3. The van der Waals surface area contributed by atoms with Crippen molar-refractivity contribution in [1.82, 2.24) is 0 Å². The number of rotatable bonds is 10. The van der Waals surface area contributed by atoms with Crippen LogP contribution in [0.2, 0.25) is 0 Å². The first-order valence-corrected chi connectivity index (χ1v) is 15.8. The Kier molecular flexibility index (Phi) is 9.25. The van der Waals surface area contributed by atoms with E-state index in [0.717, 1.165) is 25.2 Å². The van der Waals surface area contributed by atoms with Crippen LogP contribution in [0.5, 0.6) is 0 Å². The third-order valence-electron chi connectivity index (χ3n) is 9.50. The van der Waals surface area contributed by atoms with Gasteiger partial charge in [0.2, 0.25) is 0 Å². The van der Waals surface area contributed by atoms with Crippen molar-refractivity contribution in [3.63, 3.8) is 0 Å². The first kappa shape index (κ1) is 28.4. The van der Waals surface area contributed by atoms with Gasteiger partial charge in [-0.15, -0.1) is 0 Å². The van der Waals surface area contributed by atoms with Crippen LogP contribution in [0.3, 0.4) is 0 Å². The van der Waals surface area contributed by atoms with Crippen molar-refractivity contribution in [3.8, 4) is 11.1 Å². The molecule has 0 spiro atoms. The van der Waals surface area contributed by atoms with Crippen molar-refractivity contribution in [2.45, 2.75) is 91.9 Å². The Labute approximate surface area is 243 Å². The van der Waals surface area contributed by atoms with Gasteiger partial charge in [-0.3, -0.25) is 0 Å². The molecule has 0 N–H and O–H groups in total. The molecule has 0 radical (unpaired) electrons. The quantitative estimate of drug-likeness (QED) is 0.192. The number of hydrogen-bond donors (Lipinski definition) is 0. The smallest absolute Gasteiger partial charge is 0.00170 e. The molecular weight excluding hydrogens is 480 g/mol. The average Bonchev–Trinajstić information content (AvgIpc) is 3.50. The van der Waals surface area contributed by atoms with Crippen LogP contribution in [-0.2, 0) is 25.7 Å². The lowest BCUT2D eigenvalue weighted by atomic mass is 9.81. The van der Waals surface area contributed by atoms with Crippen LogP contribution < -0.4 is 0 Å². The molecule has 0 aromatic heterocycles. The van der Waals surface area contributed by atoms with Gasteiger partial charge in [-0.2, -0.15) is 0 Å². The minimum atomic E-state index is 0.619. The zero-order chi connectivity index (χ0) is 28.1. The number of benzene rings is 4. The maximum Gasteiger partial charge on any atom is -0.00170 e. The van der Waals surface area contributed by atoms with E-state index in [1.54, 1.807) is 11.1 Å². The summed E-state index contributed by atoms with van der Waals surface area (Å²) >= 11 is 0. The molecule has 0 saturated heterocycles. The van der Waals surface area contributed by atoms with E-state index in [0.29, 0.717) is 11.8 Å². The van der Waals surface area contributed by atoms with E-state index in [9.17, 15) is 0 Å². The van der Waals surface area contributed by atoms with E-state index >= 15 is 0 Å². The molecule has 0 nitrogen and oxygen atoms in total. The van der Waals surface area contributed by atoms with Gasteiger partial charge >= 0.3 is 0 Å². The van der Waals surface area contributed by atoms with Crippen molar-refractivity contribution >= 4 is 0 Å². The van der Waals surface area contributed by atoms with Crippen LogP contribution in [-0.4, -0.2) is 0 Å². The van der Waals surface area contributed by atoms with Crippen molar-refractivity contribution in [2.24, 2.45) is 11.8 Å². The molecule has 0 amide bonds. The van der Waals surface area contributed by atoms with Crippen LogP contribution >= 0.6 is 0 Å². The summed E-state index contributed by atoms with van der Waals surface area (Å²) in [7, 11) is 0. The molecule has 4 aromatic rings. The van der Waals surface area contributed by atoms with E-state index in [4.69, 9.17) is 0 Å². The number of hydrogen-bond acceptors (Lipinski definition) is 0. The summed E-state index contributed by atoms with van der Waals surface area (Å²) in [6.07, 6.45) is 9.99. The number of aryl methyl sites for hydroxylation is 3. The molecule has 4 aromatic carbocycles. The molecule has 1 aliphatic carbocycles. The van der Waals surface area contributed by atoms with E-state index in [1.807, 2.05) is 0 Å². The van der Waals surface area contributed by atoms with E-state index < -0.39 is 0 Å². The second kappa shape index (κ2) is 13.0. The standard InChI is InChI=1S/C40H48/c1-6-32-12-11-16-36(26-32)40-17-10-9-15-37(40)27-35-20-19-33(25-30(35)4)22-29(3)24-38-23-28(2)18-21-39(38)31(5)34-13-7-8-14-34/h9-12,15-21,23,25-26,29,31,34H,6-8,13-14,22,24,27H2,1-5H3. The van der Waals surface area contributed by atoms with E-state index in [-0.39, 0.29) is 0 Å². The van der Waals surface area contributed by atoms with Gasteiger partial charge in [0.1, 0.15) is 0 Å². The fourth-order valence-corrected chi connectivity index (χ4v) is 7.12. The molecule has 1 saturated carbocycles. The van der Waals surface area contributed by atoms with Crippen LogP contribution in [0.1, 0.15) is 96.9 Å². The maximum absolute atomic E-state index is 2.48. The van der Waals surface area contributed by atoms with Gasteiger partial charge in [-0.1, -0.05) is 124 Å². The lowest BCUT2D eigenvalue weighted by Gasteiger charge is -2.24. The first-order valence-electron chi connectivity index (χ1n) is 15.8. The topological polar surface area (TPSA) is 0 Å². The Morgan fingerprint density at radius 1 is 0.700 bits per heavy atom.